The molecule has 0 unspecified atom stereocenters. The van der Waals surface area contributed by atoms with E-state index in [0.717, 1.165) is 5.56 Å². The van der Waals surface area contributed by atoms with E-state index in [-0.39, 0.29) is 17.1 Å². The van der Waals surface area contributed by atoms with Gasteiger partial charge in [-0.15, -0.1) is 0 Å². The molecule has 3 rings (SSSR count). The number of aryl methyl sites for hydroxylation is 2. The molecule has 0 saturated heterocycles. The van der Waals surface area contributed by atoms with Crippen molar-refractivity contribution in [2.75, 3.05) is 7.11 Å². The van der Waals surface area contributed by atoms with Gasteiger partial charge in [-0.2, -0.15) is 0 Å². The first-order valence-electron chi connectivity index (χ1n) is 8.25. The first-order chi connectivity index (χ1) is 12.3. The summed E-state index contributed by atoms with van der Waals surface area (Å²) >= 11 is 0. The minimum absolute atomic E-state index is 0.0115. The summed E-state index contributed by atoms with van der Waals surface area (Å²) in [4.78, 5) is 11.9. The molecule has 0 N–H and O–H groups in total. The van der Waals surface area contributed by atoms with Gasteiger partial charge in [-0.25, -0.2) is 12.4 Å². The van der Waals surface area contributed by atoms with Crippen molar-refractivity contribution in [2.45, 2.75) is 32.1 Å². The number of nitrogens with zero attached hydrogens (tertiary/aromatic N) is 1. The van der Waals surface area contributed by atoms with Gasteiger partial charge in [0, 0.05) is 23.1 Å². The zero-order chi connectivity index (χ0) is 19.1. The highest BCUT2D eigenvalue weighted by Crippen LogP contribution is 2.33. The van der Waals surface area contributed by atoms with Gasteiger partial charge >= 0.3 is 0 Å². The summed E-state index contributed by atoms with van der Waals surface area (Å²) in [6.07, 6.45) is 0.189. The molecule has 5 nitrogen and oxygen atoms in total. The molecule has 0 saturated carbocycles. The minimum Gasteiger partial charge on any atom is -0.496 e. The molecule has 0 radical (unpaired) electrons. The lowest BCUT2D eigenvalue weighted by Crippen LogP contribution is -2.14. The molecule has 0 aliphatic heterocycles. The van der Waals surface area contributed by atoms with Gasteiger partial charge in [0.25, 0.3) is 10.0 Å². The number of methoxy groups -OCH3 is 1. The number of ketones is 1. The van der Waals surface area contributed by atoms with Gasteiger partial charge < -0.3 is 4.74 Å². The summed E-state index contributed by atoms with van der Waals surface area (Å²) in [5.41, 5.74) is 2.82. The fourth-order valence-electron chi connectivity index (χ4n) is 3.19. The van der Waals surface area contributed by atoms with E-state index in [1.165, 1.54) is 18.0 Å². The summed E-state index contributed by atoms with van der Waals surface area (Å²) in [5.74, 6) is 0.570. The molecule has 1 aromatic heterocycles. The molecule has 0 aliphatic rings. The number of aromatic nitrogens is 1. The number of carbonyl (C=O) groups excluding carboxylic acids is 1. The molecule has 6 heteroatoms. The molecule has 0 spiro atoms. The monoisotopic (exact) mass is 371 g/mol. The second-order valence-electron chi connectivity index (χ2n) is 6.43. The van der Waals surface area contributed by atoms with Crippen LogP contribution in [0.2, 0.25) is 0 Å². The summed E-state index contributed by atoms with van der Waals surface area (Å²) in [5, 5.41) is 0.715. The number of Topliss-reactive ketones (excluding diaryl/α,β-unsaturated/α-hetero) is 1. The maximum absolute atomic E-state index is 13.2. The zero-order valence-electron chi connectivity index (χ0n) is 15.2. The number of hydrogen-bond donors (Lipinski definition) is 0. The third kappa shape index (κ3) is 3.01. The van der Waals surface area contributed by atoms with Crippen molar-refractivity contribution in [3.05, 3.63) is 59.3 Å². The van der Waals surface area contributed by atoms with Gasteiger partial charge in [-0.05, 0) is 51.1 Å². The van der Waals surface area contributed by atoms with Crippen molar-refractivity contribution in [3.63, 3.8) is 0 Å². The lowest BCUT2D eigenvalue weighted by atomic mass is 10.0. The average Bonchev–Trinajstić information content (AvgIpc) is 2.92. The van der Waals surface area contributed by atoms with Crippen molar-refractivity contribution >= 4 is 26.7 Å². The fourth-order valence-corrected chi connectivity index (χ4v) is 4.73. The molecule has 3 aromatic rings. The van der Waals surface area contributed by atoms with Crippen LogP contribution in [0.5, 0.6) is 5.75 Å². The number of benzene rings is 2. The average molecular weight is 371 g/mol. The third-order valence-electron chi connectivity index (χ3n) is 4.39. The molecule has 1 heterocycles. The van der Waals surface area contributed by atoms with E-state index in [1.54, 1.807) is 49.4 Å². The number of hydrogen-bond acceptors (Lipinski definition) is 4. The van der Waals surface area contributed by atoms with E-state index in [0.29, 0.717) is 27.9 Å². The van der Waals surface area contributed by atoms with Crippen molar-refractivity contribution in [3.8, 4) is 5.75 Å². The van der Waals surface area contributed by atoms with Crippen LogP contribution in [0.1, 0.15) is 23.7 Å². The quantitative estimate of drug-likeness (QED) is 0.687. The van der Waals surface area contributed by atoms with Crippen LogP contribution >= 0.6 is 0 Å². The molecule has 0 amide bonds. The van der Waals surface area contributed by atoms with Crippen LogP contribution in [-0.4, -0.2) is 25.3 Å². The Balaban J connectivity index is 2.29. The van der Waals surface area contributed by atoms with E-state index in [2.05, 4.69) is 0 Å². The molecule has 26 heavy (non-hydrogen) atoms. The lowest BCUT2D eigenvalue weighted by molar-refractivity contribution is -0.116. The highest BCUT2D eigenvalue weighted by Gasteiger charge is 2.23. The molecule has 2 aromatic carbocycles. The van der Waals surface area contributed by atoms with Gasteiger partial charge in [0.05, 0.1) is 17.5 Å². The first kappa shape index (κ1) is 18.2. The molecule has 0 bridgehead atoms. The van der Waals surface area contributed by atoms with E-state index < -0.39 is 10.0 Å². The van der Waals surface area contributed by atoms with Crippen LogP contribution in [-0.2, 0) is 21.2 Å². The van der Waals surface area contributed by atoms with E-state index in [4.69, 9.17) is 4.74 Å². The van der Waals surface area contributed by atoms with Gasteiger partial charge in [0.15, 0.2) is 0 Å². The van der Waals surface area contributed by atoms with E-state index >= 15 is 0 Å². The number of ether oxygens (including phenoxy) is 1. The Hall–Kier alpha value is -2.60. The lowest BCUT2D eigenvalue weighted by Gasteiger charge is -2.12. The van der Waals surface area contributed by atoms with Gasteiger partial charge in [0.2, 0.25) is 0 Å². The molecule has 136 valence electrons. The van der Waals surface area contributed by atoms with Crippen molar-refractivity contribution in [1.29, 1.82) is 0 Å². The molecular formula is C20H21NO4S. The summed E-state index contributed by atoms with van der Waals surface area (Å²) in [6.45, 7) is 5.16. The Morgan fingerprint density at radius 1 is 1.08 bits per heavy atom. The summed E-state index contributed by atoms with van der Waals surface area (Å²) in [6, 6.07) is 12.0. The summed E-state index contributed by atoms with van der Waals surface area (Å²) in [7, 11) is -2.20. The first-order valence-corrected chi connectivity index (χ1v) is 9.69. The standard InChI is InChI=1S/C20H21NO4S/c1-13-5-7-16(8-6-13)26(23,24)21-14(2)11-17-18(12-15(3)22)20(25-4)10-9-19(17)21/h5-11H,12H2,1-4H3. The number of carbonyl (C=O) groups is 1. The Bertz CT molecular complexity index is 1090. The van der Waals surface area contributed by atoms with Crippen LogP contribution < -0.4 is 4.74 Å². The van der Waals surface area contributed by atoms with Crippen molar-refractivity contribution < 1.29 is 17.9 Å². The Morgan fingerprint density at radius 2 is 1.73 bits per heavy atom. The maximum atomic E-state index is 13.2. The van der Waals surface area contributed by atoms with Gasteiger partial charge in [-0.1, -0.05) is 17.7 Å². The van der Waals surface area contributed by atoms with Crippen LogP contribution in [0.4, 0.5) is 0 Å². The largest absolute Gasteiger partial charge is 0.496 e. The minimum atomic E-state index is -3.74. The van der Waals surface area contributed by atoms with Crippen molar-refractivity contribution in [1.82, 2.24) is 3.97 Å². The molecule has 0 aliphatic carbocycles. The third-order valence-corrected chi connectivity index (χ3v) is 6.22. The molecule has 0 atom stereocenters. The fraction of sp³-hybridized carbons (Fsp3) is 0.250. The van der Waals surface area contributed by atoms with Crippen molar-refractivity contribution in [2.24, 2.45) is 0 Å². The Kier molecular flexibility index (Phi) is 4.63. The SMILES string of the molecule is COc1ccc2c(cc(C)n2S(=O)(=O)c2ccc(C)cc2)c1CC(C)=O. The van der Waals surface area contributed by atoms with E-state index in [1.807, 2.05) is 6.92 Å². The topological polar surface area (TPSA) is 65.4 Å². The summed E-state index contributed by atoms with van der Waals surface area (Å²) < 4.78 is 33.1. The Morgan fingerprint density at radius 3 is 2.31 bits per heavy atom. The second-order valence-corrected chi connectivity index (χ2v) is 8.21. The van der Waals surface area contributed by atoms with E-state index in [9.17, 15) is 13.2 Å². The predicted octanol–water partition coefficient (Wildman–Crippen LogP) is 3.64. The number of rotatable bonds is 5. The number of fused-ring (bicyclic) bond motifs is 1. The molecule has 0 fully saturated rings. The maximum Gasteiger partial charge on any atom is 0.268 e. The van der Waals surface area contributed by atoms with Crippen LogP contribution in [0.15, 0.2) is 47.4 Å². The van der Waals surface area contributed by atoms with Gasteiger partial charge in [0.1, 0.15) is 11.5 Å². The van der Waals surface area contributed by atoms with Crippen LogP contribution in [0.25, 0.3) is 10.9 Å². The Labute approximate surface area is 153 Å². The molecular weight excluding hydrogens is 350 g/mol. The van der Waals surface area contributed by atoms with Crippen LogP contribution in [0, 0.1) is 13.8 Å². The zero-order valence-corrected chi connectivity index (χ0v) is 16.1. The van der Waals surface area contributed by atoms with Crippen LogP contribution in [0.3, 0.4) is 0 Å². The smallest absolute Gasteiger partial charge is 0.268 e. The predicted molar refractivity (Wildman–Crippen MR) is 101 cm³/mol. The highest BCUT2D eigenvalue weighted by atomic mass is 32.2. The highest BCUT2D eigenvalue weighted by molar-refractivity contribution is 7.90. The normalized spacial score (nSPS) is 11.7. The second kappa shape index (κ2) is 6.61. The van der Waals surface area contributed by atoms with Gasteiger partial charge in [-0.3, -0.25) is 4.79 Å².